The molecule has 48 heavy (non-hydrogen) atoms. The SMILES string of the molecule is CC1(C)c2ccccc2-c2c(-c3ccccc3)cc(N(c3ccc(C4CC5CCC4C5)cc3)c3ccc(C4CC5CCC4C5)cc3)cc21. The zero-order valence-corrected chi connectivity index (χ0v) is 28.5. The molecule has 4 saturated carbocycles. The Balaban J connectivity index is 1.12. The average molecular weight is 626 g/mol. The summed E-state index contributed by atoms with van der Waals surface area (Å²) in [6, 6.07) is 44.6. The van der Waals surface area contributed by atoms with E-state index in [4.69, 9.17) is 0 Å². The zero-order chi connectivity index (χ0) is 32.0. The number of nitrogens with zero attached hydrogens (tertiary/aromatic N) is 1. The molecule has 4 fully saturated rings. The van der Waals surface area contributed by atoms with Crippen LogP contribution in [0.2, 0.25) is 0 Å². The molecule has 5 aliphatic carbocycles. The number of fused-ring (bicyclic) bond motifs is 7. The van der Waals surface area contributed by atoms with Crippen LogP contribution in [0.4, 0.5) is 17.1 Å². The van der Waals surface area contributed by atoms with E-state index in [1.807, 2.05) is 0 Å². The normalized spacial score (nSPS) is 27.3. The minimum absolute atomic E-state index is 0.0889. The largest absolute Gasteiger partial charge is 0.310 e. The highest BCUT2D eigenvalue weighted by molar-refractivity contribution is 5.96. The monoisotopic (exact) mass is 625 g/mol. The maximum atomic E-state index is 2.54. The van der Waals surface area contributed by atoms with E-state index in [1.54, 1.807) is 11.1 Å². The first-order valence-corrected chi connectivity index (χ1v) is 18.8. The van der Waals surface area contributed by atoms with Crippen LogP contribution in [-0.2, 0) is 5.41 Å². The van der Waals surface area contributed by atoms with Gasteiger partial charge in [0.2, 0.25) is 0 Å². The summed E-state index contributed by atoms with van der Waals surface area (Å²) in [5.74, 6) is 5.20. The molecular weight excluding hydrogens is 579 g/mol. The van der Waals surface area contributed by atoms with Gasteiger partial charge in [-0.25, -0.2) is 0 Å². The fourth-order valence-electron chi connectivity index (χ4n) is 11.3. The van der Waals surface area contributed by atoms with Gasteiger partial charge in [-0.15, -0.1) is 0 Å². The van der Waals surface area contributed by atoms with Crippen LogP contribution in [0.1, 0.15) is 99.3 Å². The summed E-state index contributed by atoms with van der Waals surface area (Å²) in [5.41, 5.74) is 15.0. The van der Waals surface area contributed by atoms with Gasteiger partial charge in [0.15, 0.2) is 0 Å². The predicted molar refractivity (Wildman–Crippen MR) is 201 cm³/mol. The Hall–Kier alpha value is -4.10. The molecule has 0 aromatic heterocycles. The van der Waals surface area contributed by atoms with Crippen molar-refractivity contribution in [3.63, 3.8) is 0 Å². The smallest absolute Gasteiger partial charge is 0.0471 e. The van der Waals surface area contributed by atoms with E-state index < -0.39 is 0 Å². The first-order valence-electron chi connectivity index (χ1n) is 18.8. The number of benzene rings is 5. The molecule has 0 heterocycles. The molecule has 4 bridgehead atoms. The maximum Gasteiger partial charge on any atom is 0.0471 e. The summed E-state index contributed by atoms with van der Waals surface area (Å²) in [7, 11) is 0. The lowest BCUT2D eigenvalue weighted by molar-refractivity contribution is 0.420. The Morgan fingerprint density at radius 2 is 1.06 bits per heavy atom. The van der Waals surface area contributed by atoms with Crippen molar-refractivity contribution in [3.8, 4) is 22.3 Å². The van der Waals surface area contributed by atoms with Gasteiger partial charge in [0.25, 0.3) is 0 Å². The van der Waals surface area contributed by atoms with Gasteiger partial charge in [-0.05, 0) is 155 Å². The Labute approximate surface area is 287 Å². The lowest BCUT2D eigenvalue weighted by Crippen LogP contribution is -2.17. The van der Waals surface area contributed by atoms with Crippen LogP contribution in [-0.4, -0.2) is 0 Å². The van der Waals surface area contributed by atoms with Crippen LogP contribution in [0.5, 0.6) is 0 Å². The molecule has 5 aliphatic rings. The van der Waals surface area contributed by atoms with Crippen LogP contribution in [0.3, 0.4) is 0 Å². The minimum Gasteiger partial charge on any atom is -0.310 e. The Bertz CT molecular complexity index is 1910. The van der Waals surface area contributed by atoms with Crippen molar-refractivity contribution in [2.75, 3.05) is 4.90 Å². The topological polar surface area (TPSA) is 3.24 Å². The molecule has 6 unspecified atom stereocenters. The first-order chi connectivity index (χ1) is 23.5. The van der Waals surface area contributed by atoms with Crippen molar-refractivity contribution in [3.05, 3.63) is 138 Å². The van der Waals surface area contributed by atoms with E-state index in [0.29, 0.717) is 0 Å². The van der Waals surface area contributed by atoms with Gasteiger partial charge in [0.1, 0.15) is 0 Å². The zero-order valence-electron chi connectivity index (χ0n) is 28.5. The van der Waals surface area contributed by atoms with Gasteiger partial charge < -0.3 is 4.90 Å². The van der Waals surface area contributed by atoms with Crippen LogP contribution in [0.15, 0.2) is 115 Å². The fourth-order valence-corrected chi connectivity index (χ4v) is 11.3. The molecule has 5 aromatic carbocycles. The van der Waals surface area contributed by atoms with Crippen LogP contribution < -0.4 is 4.90 Å². The standard InChI is InChI=1S/C47H47N/c1-47(2)44-11-7-6-10-40(44)46-43(32-8-4-3-5-9-32)28-39(29-45(46)47)48(37-20-16-33(17-21-37)41-26-30-12-14-35(41)24-30)38-22-18-34(19-23-38)42-27-31-13-15-36(42)25-31/h3-11,16-23,28-31,35-36,41-42H,12-15,24-27H2,1-2H3. The molecule has 0 spiro atoms. The van der Waals surface area contributed by atoms with Crippen molar-refractivity contribution in [2.45, 2.75) is 82.5 Å². The second-order valence-electron chi connectivity index (χ2n) is 16.5. The van der Waals surface area contributed by atoms with Crippen molar-refractivity contribution < 1.29 is 0 Å². The predicted octanol–water partition coefficient (Wildman–Crippen LogP) is 12.9. The van der Waals surface area contributed by atoms with E-state index in [1.165, 1.54) is 102 Å². The summed E-state index contributed by atoms with van der Waals surface area (Å²) >= 11 is 0. The molecule has 0 amide bonds. The van der Waals surface area contributed by atoms with Gasteiger partial charge in [-0.1, -0.05) is 106 Å². The molecule has 1 heteroatoms. The summed E-state index contributed by atoms with van der Waals surface area (Å²) in [6.45, 7) is 4.82. The van der Waals surface area contributed by atoms with E-state index in [0.717, 1.165) is 35.5 Å². The third-order valence-electron chi connectivity index (χ3n) is 13.6. The quantitative estimate of drug-likeness (QED) is 0.181. The summed E-state index contributed by atoms with van der Waals surface area (Å²) in [5, 5.41) is 0. The van der Waals surface area contributed by atoms with Crippen LogP contribution in [0.25, 0.3) is 22.3 Å². The Morgan fingerprint density at radius 3 is 1.60 bits per heavy atom. The third-order valence-corrected chi connectivity index (χ3v) is 13.6. The summed E-state index contributed by atoms with van der Waals surface area (Å²) in [6.07, 6.45) is 11.4. The van der Waals surface area contributed by atoms with E-state index in [-0.39, 0.29) is 5.41 Å². The van der Waals surface area contributed by atoms with Crippen molar-refractivity contribution in [1.29, 1.82) is 0 Å². The number of hydrogen-bond acceptors (Lipinski definition) is 1. The maximum absolute atomic E-state index is 2.54. The van der Waals surface area contributed by atoms with E-state index in [9.17, 15) is 0 Å². The lowest BCUT2D eigenvalue weighted by Gasteiger charge is -2.30. The van der Waals surface area contributed by atoms with E-state index >= 15 is 0 Å². The summed E-state index contributed by atoms with van der Waals surface area (Å²) < 4.78 is 0. The molecule has 1 nitrogen and oxygen atoms in total. The molecule has 0 aliphatic heterocycles. The number of rotatable bonds is 6. The second kappa shape index (κ2) is 11.0. The van der Waals surface area contributed by atoms with Gasteiger partial charge in [-0.3, -0.25) is 0 Å². The molecular formula is C47H47N. The van der Waals surface area contributed by atoms with Gasteiger partial charge >= 0.3 is 0 Å². The Kier molecular flexibility index (Phi) is 6.59. The Morgan fingerprint density at radius 1 is 0.500 bits per heavy atom. The molecule has 0 radical (unpaired) electrons. The molecule has 5 aromatic rings. The van der Waals surface area contributed by atoms with Crippen molar-refractivity contribution >= 4 is 17.1 Å². The lowest BCUT2D eigenvalue weighted by atomic mass is 9.81. The van der Waals surface area contributed by atoms with Gasteiger partial charge in [-0.2, -0.15) is 0 Å². The fraction of sp³-hybridized carbons (Fsp3) is 0.362. The van der Waals surface area contributed by atoms with E-state index in [2.05, 4.69) is 134 Å². The molecule has 10 rings (SSSR count). The number of anilines is 3. The highest BCUT2D eigenvalue weighted by atomic mass is 15.1. The molecule has 0 N–H and O–H groups in total. The van der Waals surface area contributed by atoms with Crippen molar-refractivity contribution in [1.82, 2.24) is 0 Å². The second-order valence-corrected chi connectivity index (χ2v) is 16.5. The highest BCUT2D eigenvalue weighted by Gasteiger charge is 2.42. The minimum atomic E-state index is -0.0889. The average Bonchev–Trinajstić information content (AvgIpc) is 3.98. The van der Waals surface area contributed by atoms with Crippen LogP contribution >= 0.6 is 0 Å². The molecule has 240 valence electrons. The van der Waals surface area contributed by atoms with Crippen LogP contribution in [0, 0.1) is 23.7 Å². The number of hydrogen-bond donors (Lipinski definition) is 0. The highest BCUT2D eigenvalue weighted by Crippen LogP contribution is 2.56. The molecule has 0 saturated heterocycles. The third kappa shape index (κ3) is 4.49. The first kappa shape index (κ1) is 28.9. The van der Waals surface area contributed by atoms with Crippen molar-refractivity contribution in [2.24, 2.45) is 23.7 Å². The van der Waals surface area contributed by atoms with Gasteiger partial charge in [0, 0.05) is 22.5 Å². The molecule has 6 atom stereocenters. The van der Waals surface area contributed by atoms with Gasteiger partial charge in [0.05, 0.1) is 0 Å². The summed E-state index contributed by atoms with van der Waals surface area (Å²) in [4.78, 5) is 2.54.